The second-order valence-corrected chi connectivity index (χ2v) is 9.27. The smallest absolute Gasteiger partial charge is 0.275 e. The van der Waals surface area contributed by atoms with Crippen LogP contribution in [0.3, 0.4) is 0 Å². The van der Waals surface area contributed by atoms with Gasteiger partial charge in [-0.1, -0.05) is 88.4 Å². The molecule has 1 amide bonds. The van der Waals surface area contributed by atoms with Gasteiger partial charge in [0, 0.05) is 21.0 Å². The van der Waals surface area contributed by atoms with E-state index in [0.717, 1.165) is 27.0 Å². The van der Waals surface area contributed by atoms with Gasteiger partial charge in [0.2, 0.25) is 5.88 Å². The number of fused-ring (bicyclic) bond motifs is 1. The highest BCUT2D eigenvalue weighted by molar-refractivity contribution is 9.10. The molecule has 2 aromatic heterocycles. The van der Waals surface area contributed by atoms with Crippen molar-refractivity contribution in [3.63, 3.8) is 0 Å². The van der Waals surface area contributed by atoms with Gasteiger partial charge < -0.3 is 15.1 Å². The van der Waals surface area contributed by atoms with Crippen molar-refractivity contribution < 1.29 is 9.90 Å². The van der Waals surface area contributed by atoms with Crippen molar-refractivity contribution in [3.8, 4) is 28.4 Å². The highest BCUT2D eigenvalue weighted by Crippen LogP contribution is 2.37. The number of H-pyrrole nitrogens is 2. The number of azo groups is 1. The zero-order valence-electron chi connectivity index (χ0n) is 17.7. The van der Waals surface area contributed by atoms with Crippen LogP contribution in [0, 0.1) is 0 Å². The third-order valence-electron chi connectivity index (χ3n) is 5.10. The number of nitrogens with one attached hydrogen (secondary N) is 2. The second kappa shape index (κ2) is 9.66. The van der Waals surface area contributed by atoms with E-state index in [1.807, 2.05) is 66.7 Å². The van der Waals surface area contributed by atoms with Crippen LogP contribution in [0.15, 0.2) is 98.7 Å². The highest BCUT2D eigenvalue weighted by Gasteiger charge is 2.16. The zero-order chi connectivity index (χ0) is 23.5. The van der Waals surface area contributed by atoms with Gasteiger partial charge >= 0.3 is 0 Å². The lowest BCUT2D eigenvalue weighted by Gasteiger charge is -2.02. The maximum Gasteiger partial charge on any atom is 0.275 e. The number of thioether (sulfide) groups is 1. The highest BCUT2D eigenvalue weighted by atomic mass is 79.9. The number of rotatable bonds is 6. The van der Waals surface area contributed by atoms with E-state index in [1.165, 1.54) is 11.8 Å². The molecule has 5 rings (SSSR count). The first-order chi connectivity index (χ1) is 16.6. The molecular formula is C25H18BrN5O2S. The third-order valence-corrected chi connectivity index (χ3v) is 6.45. The summed E-state index contributed by atoms with van der Waals surface area (Å²) < 4.78 is 0.832. The second-order valence-electron chi connectivity index (χ2n) is 7.39. The van der Waals surface area contributed by atoms with E-state index in [2.05, 4.69) is 36.1 Å². The minimum atomic E-state index is -0.437. The van der Waals surface area contributed by atoms with E-state index in [1.54, 1.807) is 12.1 Å². The van der Waals surface area contributed by atoms with Crippen molar-refractivity contribution >= 4 is 50.2 Å². The van der Waals surface area contributed by atoms with Crippen molar-refractivity contribution in [2.75, 3.05) is 5.75 Å². The number of carbonyl (C=O) groups excluding carboxylic acids is 1. The molecule has 34 heavy (non-hydrogen) atoms. The van der Waals surface area contributed by atoms with E-state index in [4.69, 9.17) is 4.98 Å². The third kappa shape index (κ3) is 4.66. The topological polar surface area (TPSA) is 106 Å². The number of imidazole rings is 1. The fraction of sp³-hybridized carbons (Fsp3) is 0.0400. The van der Waals surface area contributed by atoms with Gasteiger partial charge in [0.25, 0.3) is 5.91 Å². The van der Waals surface area contributed by atoms with Gasteiger partial charge in [-0.05, 0) is 18.2 Å². The maximum atomic E-state index is 12.4. The molecule has 0 saturated carbocycles. The average molecular weight is 532 g/mol. The minimum absolute atomic E-state index is 0.0479. The molecule has 0 saturated heterocycles. The lowest BCUT2D eigenvalue weighted by Crippen LogP contribution is -1.96. The molecule has 0 atom stereocenters. The van der Waals surface area contributed by atoms with Crippen LogP contribution in [-0.2, 0) is 4.79 Å². The van der Waals surface area contributed by atoms with Gasteiger partial charge in [0.05, 0.1) is 22.7 Å². The molecule has 0 bridgehead atoms. The van der Waals surface area contributed by atoms with Gasteiger partial charge in [-0.2, -0.15) is 0 Å². The molecule has 3 N–H and O–H groups in total. The molecule has 9 heteroatoms. The molecular weight excluding hydrogens is 514 g/mol. The van der Waals surface area contributed by atoms with Crippen molar-refractivity contribution in [2.24, 2.45) is 10.2 Å². The molecule has 7 nitrogen and oxygen atoms in total. The number of aromatic hydroxyl groups is 1. The lowest BCUT2D eigenvalue weighted by atomic mass is 10.1. The van der Waals surface area contributed by atoms with Gasteiger partial charge in [-0.25, -0.2) is 4.98 Å². The number of benzene rings is 3. The Labute approximate surface area is 207 Å². The van der Waals surface area contributed by atoms with E-state index in [-0.39, 0.29) is 17.3 Å². The van der Waals surface area contributed by atoms with Crippen LogP contribution < -0.4 is 0 Å². The minimum Gasteiger partial charge on any atom is -0.493 e. The van der Waals surface area contributed by atoms with Crippen molar-refractivity contribution in [1.29, 1.82) is 0 Å². The first kappa shape index (κ1) is 22.1. The fourth-order valence-corrected chi connectivity index (χ4v) is 4.55. The standard InChI is InChI=1S/C25H18BrN5O2S/c26-17-11-12-19-18(13-17)23(24(33)27-19)31-30-20(32)14-34-25-28-21(15-7-3-1-4-8-15)22(29-25)16-9-5-2-6-10-16/h1-13,27,33H,14H2,(H,28,29). The Kier molecular flexibility index (Phi) is 6.29. The van der Waals surface area contributed by atoms with Crippen LogP contribution in [0.2, 0.25) is 0 Å². The van der Waals surface area contributed by atoms with Gasteiger partial charge in [0.15, 0.2) is 10.8 Å². The van der Waals surface area contributed by atoms with E-state index in [9.17, 15) is 9.90 Å². The lowest BCUT2D eigenvalue weighted by molar-refractivity contribution is -0.115. The first-order valence-electron chi connectivity index (χ1n) is 10.4. The number of hydrogen-bond donors (Lipinski definition) is 3. The zero-order valence-corrected chi connectivity index (χ0v) is 20.1. The van der Waals surface area contributed by atoms with E-state index in [0.29, 0.717) is 16.1 Å². The van der Waals surface area contributed by atoms with Crippen LogP contribution in [0.5, 0.6) is 5.88 Å². The Balaban J connectivity index is 1.35. The molecule has 0 aliphatic carbocycles. The normalized spacial score (nSPS) is 11.4. The number of halogens is 1. The number of aromatic nitrogens is 3. The number of hydrogen-bond acceptors (Lipinski definition) is 5. The SMILES string of the molecule is O=C(CSc1nc(-c2ccccc2)c(-c2ccccc2)[nH]1)N=Nc1c(O)[nH]c2ccc(Br)cc12. The van der Waals surface area contributed by atoms with Crippen molar-refractivity contribution in [3.05, 3.63) is 83.3 Å². The van der Waals surface area contributed by atoms with Gasteiger partial charge in [-0.3, -0.25) is 4.79 Å². The summed E-state index contributed by atoms with van der Waals surface area (Å²) >= 11 is 4.65. The van der Waals surface area contributed by atoms with Gasteiger partial charge in [-0.15, -0.1) is 10.2 Å². The summed E-state index contributed by atoms with van der Waals surface area (Å²) in [5.74, 6) is -0.525. The summed E-state index contributed by atoms with van der Waals surface area (Å²) in [4.78, 5) is 23.3. The molecule has 0 aliphatic heterocycles. The van der Waals surface area contributed by atoms with Crippen LogP contribution in [0.1, 0.15) is 0 Å². The molecule has 5 aromatic rings. The van der Waals surface area contributed by atoms with Crippen LogP contribution in [-0.4, -0.2) is 31.7 Å². The first-order valence-corrected chi connectivity index (χ1v) is 12.1. The molecule has 0 spiro atoms. The molecule has 0 fully saturated rings. The Hall–Kier alpha value is -3.69. The number of aromatic amines is 2. The van der Waals surface area contributed by atoms with Crippen LogP contribution in [0.25, 0.3) is 33.4 Å². The average Bonchev–Trinajstić information content (AvgIpc) is 3.43. The number of amides is 1. The summed E-state index contributed by atoms with van der Waals surface area (Å²) in [5, 5.41) is 19.2. The van der Waals surface area contributed by atoms with Gasteiger partial charge in [0.1, 0.15) is 0 Å². The molecule has 0 radical (unpaired) electrons. The largest absolute Gasteiger partial charge is 0.493 e. The molecule has 2 heterocycles. The Morgan fingerprint density at radius 1 is 0.971 bits per heavy atom. The summed E-state index contributed by atoms with van der Waals surface area (Å²) in [7, 11) is 0. The van der Waals surface area contributed by atoms with E-state index < -0.39 is 5.91 Å². The predicted octanol–water partition coefficient (Wildman–Crippen LogP) is 7.10. The predicted molar refractivity (Wildman–Crippen MR) is 137 cm³/mol. The molecule has 0 unspecified atom stereocenters. The number of carbonyl (C=O) groups is 1. The van der Waals surface area contributed by atoms with Crippen molar-refractivity contribution in [1.82, 2.24) is 15.0 Å². The summed E-state index contributed by atoms with van der Waals surface area (Å²) in [6.07, 6.45) is 0. The fourth-order valence-electron chi connectivity index (χ4n) is 3.54. The Morgan fingerprint density at radius 2 is 1.68 bits per heavy atom. The summed E-state index contributed by atoms with van der Waals surface area (Å²) in [5.41, 5.74) is 4.62. The van der Waals surface area contributed by atoms with Crippen LogP contribution >= 0.6 is 27.7 Å². The monoisotopic (exact) mass is 531 g/mol. The maximum absolute atomic E-state index is 12.4. The van der Waals surface area contributed by atoms with Crippen molar-refractivity contribution in [2.45, 2.75) is 5.16 Å². The quantitative estimate of drug-likeness (QED) is 0.160. The van der Waals surface area contributed by atoms with Crippen LogP contribution in [0.4, 0.5) is 5.69 Å². The molecule has 0 aliphatic rings. The molecule has 3 aromatic carbocycles. The number of nitrogens with zero attached hydrogens (tertiary/aromatic N) is 3. The molecule has 168 valence electrons. The van der Waals surface area contributed by atoms with E-state index >= 15 is 0 Å². The summed E-state index contributed by atoms with van der Waals surface area (Å²) in [6.45, 7) is 0. The Morgan fingerprint density at radius 3 is 2.41 bits per heavy atom. The Bertz CT molecular complexity index is 1440. The summed E-state index contributed by atoms with van der Waals surface area (Å²) in [6, 6.07) is 25.3.